The van der Waals surface area contributed by atoms with Crippen molar-refractivity contribution in [3.8, 4) is 6.07 Å². The Morgan fingerprint density at radius 3 is 2.65 bits per heavy atom. The maximum atomic E-state index is 9.21. The highest BCUT2D eigenvalue weighted by atomic mass is 16.5. The molecule has 0 N–H and O–H groups in total. The summed E-state index contributed by atoms with van der Waals surface area (Å²) in [7, 11) is 1.86. The minimum Gasteiger partial charge on any atom is -0.373 e. The van der Waals surface area contributed by atoms with Gasteiger partial charge in [-0.3, -0.25) is 0 Å². The molecule has 4 nitrogen and oxygen atoms in total. The average Bonchev–Trinajstić information content (AvgIpc) is 3.38. The Hall–Kier alpha value is -1.44. The van der Waals surface area contributed by atoms with Gasteiger partial charge < -0.3 is 9.64 Å². The Morgan fingerprint density at radius 2 is 2.04 bits per heavy atom. The molecule has 2 heterocycles. The van der Waals surface area contributed by atoms with Crippen LogP contribution in [0.5, 0.6) is 0 Å². The standard InChI is InChI=1S/C19H25N3O/c1-23-19(15-7-8-21-18(9-15)10-20)16-3-2-4-17(19)13-22(12-16)11-14-5-6-14/h7-9,14,16-17H,2-6,11-13H2,1H3/t16-,17+,19-. The molecule has 1 aromatic heterocycles. The van der Waals surface area contributed by atoms with Crippen LogP contribution in [0.2, 0.25) is 0 Å². The molecule has 0 aromatic carbocycles. The van der Waals surface area contributed by atoms with Gasteiger partial charge in [0.25, 0.3) is 0 Å². The lowest BCUT2D eigenvalue weighted by Crippen LogP contribution is -2.59. The van der Waals surface area contributed by atoms with E-state index in [1.54, 1.807) is 6.20 Å². The summed E-state index contributed by atoms with van der Waals surface area (Å²) in [5, 5.41) is 9.21. The van der Waals surface area contributed by atoms with Crippen molar-refractivity contribution in [3.05, 3.63) is 29.6 Å². The Balaban J connectivity index is 1.67. The first-order valence-corrected chi connectivity index (χ1v) is 8.90. The van der Waals surface area contributed by atoms with E-state index >= 15 is 0 Å². The Morgan fingerprint density at radius 1 is 1.30 bits per heavy atom. The number of rotatable bonds is 4. The van der Waals surface area contributed by atoms with Gasteiger partial charge in [-0.2, -0.15) is 5.26 Å². The van der Waals surface area contributed by atoms with E-state index in [9.17, 15) is 5.26 Å². The lowest BCUT2D eigenvalue weighted by atomic mass is 9.62. The lowest BCUT2D eigenvalue weighted by molar-refractivity contribution is -0.169. The number of ether oxygens (including phenoxy) is 1. The zero-order valence-corrected chi connectivity index (χ0v) is 13.9. The summed E-state index contributed by atoms with van der Waals surface area (Å²) in [4.78, 5) is 6.82. The molecule has 3 aliphatic rings. The largest absolute Gasteiger partial charge is 0.373 e. The van der Waals surface area contributed by atoms with E-state index in [2.05, 4.69) is 22.0 Å². The summed E-state index contributed by atoms with van der Waals surface area (Å²) in [5.41, 5.74) is 1.43. The third-order valence-electron chi connectivity index (χ3n) is 6.15. The molecule has 1 aromatic rings. The van der Waals surface area contributed by atoms with Crippen molar-refractivity contribution in [2.24, 2.45) is 17.8 Å². The van der Waals surface area contributed by atoms with Crippen LogP contribution in [0, 0.1) is 29.1 Å². The second-order valence-electron chi connectivity index (χ2n) is 7.53. The first kappa shape index (κ1) is 15.1. The number of methoxy groups -OCH3 is 1. The predicted octanol–water partition coefficient (Wildman–Crippen LogP) is 2.94. The third-order valence-corrected chi connectivity index (χ3v) is 6.15. The molecule has 2 bridgehead atoms. The third kappa shape index (κ3) is 2.56. The Kier molecular flexibility index (Phi) is 3.87. The number of nitrogens with zero attached hydrogens (tertiary/aromatic N) is 3. The molecule has 0 unspecified atom stereocenters. The van der Waals surface area contributed by atoms with Crippen LogP contribution in [0.15, 0.2) is 18.3 Å². The number of piperidine rings is 1. The highest BCUT2D eigenvalue weighted by molar-refractivity contribution is 5.32. The summed E-state index contributed by atoms with van der Waals surface area (Å²) >= 11 is 0. The highest BCUT2D eigenvalue weighted by Crippen LogP contribution is 2.51. The SMILES string of the molecule is CO[C@]1(c2ccnc(C#N)c2)[C@@H]2CCC[C@H]1CN(CC1CC1)C2. The van der Waals surface area contributed by atoms with Gasteiger partial charge in [0, 0.05) is 44.8 Å². The van der Waals surface area contributed by atoms with E-state index < -0.39 is 0 Å². The van der Waals surface area contributed by atoms with E-state index in [1.807, 2.05) is 13.2 Å². The molecule has 4 rings (SSSR count). The van der Waals surface area contributed by atoms with Gasteiger partial charge in [-0.1, -0.05) is 6.42 Å². The van der Waals surface area contributed by atoms with Crippen LogP contribution in [-0.4, -0.2) is 36.6 Å². The number of hydrogen-bond donors (Lipinski definition) is 0. The zero-order chi connectivity index (χ0) is 15.9. The molecule has 0 radical (unpaired) electrons. The molecule has 0 spiro atoms. The summed E-state index contributed by atoms with van der Waals surface area (Å²) < 4.78 is 6.24. The summed E-state index contributed by atoms with van der Waals surface area (Å²) in [6.45, 7) is 3.53. The van der Waals surface area contributed by atoms with Gasteiger partial charge in [0.15, 0.2) is 0 Å². The van der Waals surface area contributed by atoms with Crippen molar-refractivity contribution in [1.82, 2.24) is 9.88 Å². The number of fused-ring (bicyclic) bond motifs is 2. The summed E-state index contributed by atoms with van der Waals surface area (Å²) in [6, 6.07) is 6.19. The summed E-state index contributed by atoms with van der Waals surface area (Å²) in [6.07, 6.45) is 8.33. The van der Waals surface area contributed by atoms with Crippen LogP contribution in [0.1, 0.15) is 43.4 Å². The number of hydrogen-bond acceptors (Lipinski definition) is 4. The van der Waals surface area contributed by atoms with Gasteiger partial charge in [0.1, 0.15) is 17.4 Å². The number of likely N-dealkylation sites (tertiary alicyclic amines) is 1. The van der Waals surface area contributed by atoms with Gasteiger partial charge in [0.05, 0.1) is 0 Å². The van der Waals surface area contributed by atoms with Gasteiger partial charge in [-0.25, -0.2) is 4.98 Å². The quantitative estimate of drug-likeness (QED) is 0.858. The Labute approximate surface area is 138 Å². The fourth-order valence-corrected chi connectivity index (χ4v) is 5.00. The fraction of sp³-hybridized carbons (Fsp3) is 0.684. The molecular weight excluding hydrogens is 286 g/mol. The van der Waals surface area contributed by atoms with Gasteiger partial charge in [-0.05, 0) is 49.3 Å². The van der Waals surface area contributed by atoms with Crippen molar-refractivity contribution >= 4 is 0 Å². The normalized spacial score (nSPS) is 34.1. The molecule has 4 heteroatoms. The minimum absolute atomic E-state index is 0.229. The first-order chi connectivity index (χ1) is 11.3. The monoisotopic (exact) mass is 311 g/mol. The molecule has 1 saturated heterocycles. The van der Waals surface area contributed by atoms with Crippen LogP contribution in [-0.2, 0) is 10.3 Å². The Bertz CT molecular complexity index is 605. The van der Waals surface area contributed by atoms with Crippen LogP contribution < -0.4 is 0 Å². The lowest BCUT2D eigenvalue weighted by Gasteiger charge is -2.55. The van der Waals surface area contributed by atoms with Crippen molar-refractivity contribution in [2.75, 3.05) is 26.7 Å². The molecule has 3 atom stereocenters. The first-order valence-electron chi connectivity index (χ1n) is 8.90. The van der Waals surface area contributed by atoms with Crippen LogP contribution in [0.4, 0.5) is 0 Å². The molecule has 0 amide bonds. The number of aromatic nitrogens is 1. The molecular formula is C19H25N3O. The van der Waals surface area contributed by atoms with Crippen molar-refractivity contribution in [2.45, 2.75) is 37.7 Å². The smallest absolute Gasteiger partial charge is 0.140 e. The van der Waals surface area contributed by atoms with Crippen molar-refractivity contribution in [1.29, 1.82) is 5.26 Å². The van der Waals surface area contributed by atoms with Crippen molar-refractivity contribution in [3.63, 3.8) is 0 Å². The van der Waals surface area contributed by atoms with E-state index in [0.29, 0.717) is 17.5 Å². The molecule has 2 saturated carbocycles. The maximum Gasteiger partial charge on any atom is 0.140 e. The van der Waals surface area contributed by atoms with Crippen LogP contribution >= 0.6 is 0 Å². The number of pyridine rings is 1. The van der Waals surface area contributed by atoms with E-state index in [0.717, 1.165) is 24.6 Å². The average molecular weight is 311 g/mol. The van der Waals surface area contributed by atoms with E-state index in [4.69, 9.17) is 4.74 Å². The predicted molar refractivity (Wildman–Crippen MR) is 87.6 cm³/mol. The molecule has 1 aliphatic heterocycles. The van der Waals surface area contributed by atoms with Gasteiger partial charge in [-0.15, -0.1) is 0 Å². The molecule has 3 fully saturated rings. The van der Waals surface area contributed by atoms with E-state index in [1.165, 1.54) is 38.6 Å². The number of nitriles is 1. The topological polar surface area (TPSA) is 49.1 Å². The van der Waals surface area contributed by atoms with Crippen LogP contribution in [0.3, 0.4) is 0 Å². The maximum absolute atomic E-state index is 9.21. The molecule has 122 valence electrons. The highest BCUT2D eigenvalue weighted by Gasteiger charge is 2.53. The van der Waals surface area contributed by atoms with Crippen LogP contribution in [0.25, 0.3) is 0 Å². The van der Waals surface area contributed by atoms with Gasteiger partial charge in [0.2, 0.25) is 0 Å². The molecule has 2 aliphatic carbocycles. The fourth-order valence-electron chi connectivity index (χ4n) is 5.00. The second-order valence-corrected chi connectivity index (χ2v) is 7.53. The minimum atomic E-state index is -0.229. The van der Waals surface area contributed by atoms with Gasteiger partial charge >= 0.3 is 0 Å². The van der Waals surface area contributed by atoms with E-state index in [-0.39, 0.29) is 5.60 Å². The zero-order valence-electron chi connectivity index (χ0n) is 13.9. The second kappa shape index (κ2) is 5.89. The molecule has 23 heavy (non-hydrogen) atoms. The summed E-state index contributed by atoms with van der Waals surface area (Å²) in [5.74, 6) is 1.98. The van der Waals surface area contributed by atoms with Crippen molar-refractivity contribution < 1.29 is 4.74 Å².